The SMILES string of the molecule is C1=C(N2C(c3ccccc3)=NC2c2ccccc2)C=CC=1N1c2ccc(-c3ccccc3)cc2C2C=C(c3cccc4c3oc3ccccc34)C=CC21. The minimum atomic E-state index is -0.106. The second-order valence-electron chi connectivity index (χ2n) is 14.0. The highest BCUT2D eigenvalue weighted by Gasteiger charge is 2.41. The van der Waals surface area contributed by atoms with Crippen molar-refractivity contribution in [2.24, 2.45) is 4.99 Å². The third-order valence-electron chi connectivity index (χ3n) is 11.0. The van der Waals surface area contributed by atoms with Gasteiger partial charge in [-0.3, -0.25) is 4.90 Å². The third kappa shape index (κ3) is 4.74. The summed E-state index contributed by atoms with van der Waals surface area (Å²) in [6.45, 7) is 0. The molecule has 53 heavy (non-hydrogen) atoms. The molecule has 0 saturated heterocycles. The molecule has 4 heteroatoms. The van der Waals surface area contributed by atoms with E-state index in [1.54, 1.807) is 0 Å². The molecule has 0 radical (unpaired) electrons. The van der Waals surface area contributed by atoms with Crippen molar-refractivity contribution in [1.82, 2.24) is 4.90 Å². The van der Waals surface area contributed by atoms with E-state index in [2.05, 4.69) is 185 Å². The van der Waals surface area contributed by atoms with Crippen LogP contribution in [-0.4, -0.2) is 16.8 Å². The molecular formula is C49H33N3O. The lowest BCUT2D eigenvalue weighted by Crippen LogP contribution is -2.42. The number of benzene rings is 6. The highest BCUT2D eigenvalue weighted by atomic mass is 16.3. The standard InChI is InChI=1S/C49H33N3O/c1-4-13-32(14-5-1)35-23-27-44-42(29-35)43-30-36(39-20-12-21-41-40-19-10-11-22-46(40)53-47(39)41)24-28-45(43)51(44)37-25-26-38(31-37)52-48(33-15-6-2-7-16-33)50-49(52)34-17-8-3-9-18-34/h1-30,43,45,48H. The molecule has 250 valence electrons. The molecule has 1 aromatic heterocycles. The third-order valence-corrected chi connectivity index (χ3v) is 11.0. The molecule has 4 nitrogen and oxygen atoms in total. The van der Waals surface area contributed by atoms with Crippen LogP contribution in [0.15, 0.2) is 209 Å². The first kappa shape index (κ1) is 29.8. The van der Waals surface area contributed by atoms with Crippen LogP contribution < -0.4 is 4.90 Å². The molecule has 2 aliphatic carbocycles. The van der Waals surface area contributed by atoms with E-state index in [9.17, 15) is 0 Å². The Morgan fingerprint density at radius 3 is 2.09 bits per heavy atom. The monoisotopic (exact) mass is 679 g/mol. The van der Waals surface area contributed by atoms with E-state index >= 15 is 0 Å². The van der Waals surface area contributed by atoms with Crippen molar-refractivity contribution in [3.63, 3.8) is 0 Å². The lowest BCUT2D eigenvalue weighted by atomic mass is 9.85. The van der Waals surface area contributed by atoms with E-state index < -0.39 is 0 Å². The maximum atomic E-state index is 6.50. The second-order valence-corrected chi connectivity index (χ2v) is 14.0. The van der Waals surface area contributed by atoms with Crippen LogP contribution in [0.2, 0.25) is 0 Å². The van der Waals surface area contributed by atoms with Crippen LogP contribution in [0.4, 0.5) is 5.69 Å². The van der Waals surface area contributed by atoms with E-state index in [0.717, 1.165) is 55.9 Å². The van der Waals surface area contributed by atoms with Crippen molar-refractivity contribution in [3.8, 4) is 11.1 Å². The molecule has 3 heterocycles. The molecular weight excluding hydrogens is 647 g/mol. The predicted octanol–water partition coefficient (Wildman–Crippen LogP) is 11.6. The van der Waals surface area contributed by atoms with Gasteiger partial charge in [0.15, 0.2) is 6.17 Å². The summed E-state index contributed by atoms with van der Waals surface area (Å²) in [6.07, 6.45) is 11.4. The van der Waals surface area contributed by atoms with Gasteiger partial charge in [0.25, 0.3) is 0 Å². The van der Waals surface area contributed by atoms with Gasteiger partial charge in [-0.05, 0) is 58.2 Å². The summed E-state index contributed by atoms with van der Waals surface area (Å²) in [5, 5.41) is 2.29. The number of hydrogen-bond acceptors (Lipinski definition) is 4. The van der Waals surface area contributed by atoms with Crippen LogP contribution in [0.25, 0.3) is 38.6 Å². The Morgan fingerprint density at radius 2 is 1.28 bits per heavy atom. The van der Waals surface area contributed by atoms with Crippen molar-refractivity contribution in [2.75, 3.05) is 4.90 Å². The first-order valence-corrected chi connectivity index (χ1v) is 18.2. The summed E-state index contributed by atoms with van der Waals surface area (Å²) < 4.78 is 6.50. The number of fused-ring (bicyclic) bond motifs is 6. The Bertz CT molecular complexity index is 2780. The van der Waals surface area contributed by atoms with Gasteiger partial charge in [0, 0.05) is 33.5 Å². The molecule has 3 unspecified atom stereocenters. The van der Waals surface area contributed by atoms with E-state index in [-0.39, 0.29) is 18.1 Å². The summed E-state index contributed by atoms with van der Waals surface area (Å²) >= 11 is 0. The van der Waals surface area contributed by atoms with Gasteiger partial charge in [0.2, 0.25) is 0 Å². The van der Waals surface area contributed by atoms with Gasteiger partial charge in [0.05, 0.1) is 17.4 Å². The second kappa shape index (κ2) is 11.8. The number of nitrogens with zero attached hydrogens (tertiary/aromatic N) is 3. The smallest absolute Gasteiger partial charge is 0.155 e. The largest absolute Gasteiger partial charge is 0.455 e. The quantitative estimate of drug-likeness (QED) is 0.164. The van der Waals surface area contributed by atoms with Crippen molar-refractivity contribution < 1.29 is 4.42 Å². The van der Waals surface area contributed by atoms with Gasteiger partial charge in [-0.2, -0.15) is 0 Å². The molecule has 7 aromatic rings. The molecule has 11 rings (SSSR count). The van der Waals surface area contributed by atoms with Gasteiger partial charge in [-0.1, -0.05) is 157 Å². The lowest BCUT2D eigenvalue weighted by Gasteiger charge is -2.40. The van der Waals surface area contributed by atoms with Crippen LogP contribution in [0.1, 0.15) is 34.3 Å². The number of allylic oxidation sites excluding steroid dienone is 3. The van der Waals surface area contributed by atoms with Gasteiger partial charge in [-0.25, -0.2) is 4.99 Å². The van der Waals surface area contributed by atoms with E-state index in [1.807, 2.05) is 12.1 Å². The molecule has 0 spiro atoms. The molecule has 0 N–H and O–H groups in total. The number of aliphatic imine (C=N–C) groups is 1. The molecule has 6 aromatic carbocycles. The van der Waals surface area contributed by atoms with Crippen molar-refractivity contribution in [1.29, 1.82) is 0 Å². The number of anilines is 1. The molecule has 2 aliphatic heterocycles. The number of amidine groups is 1. The minimum absolute atomic E-state index is 0.0877. The Kier molecular flexibility index (Phi) is 6.67. The topological polar surface area (TPSA) is 32.0 Å². The first-order valence-electron chi connectivity index (χ1n) is 18.2. The van der Waals surface area contributed by atoms with Crippen LogP contribution in [0.3, 0.4) is 0 Å². The Hall–Kier alpha value is -6.87. The average Bonchev–Trinajstić information content (AvgIpc) is 3.92. The van der Waals surface area contributed by atoms with Crippen LogP contribution in [-0.2, 0) is 0 Å². The Balaban J connectivity index is 1.04. The van der Waals surface area contributed by atoms with Crippen LogP contribution in [0, 0.1) is 0 Å². The maximum absolute atomic E-state index is 6.50. The van der Waals surface area contributed by atoms with Gasteiger partial charge in [-0.15, -0.1) is 0 Å². The number of para-hydroxylation sites is 2. The summed E-state index contributed by atoms with van der Waals surface area (Å²) in [5.74, 6) is 1.09. The predicted molar refractivity (Wildman–Crippen MR) is 215 cm³/mol. The Morgan fingerprint density at radius 1 is 0.585 bits per heavy atom. The zero-order valence-electron chi connectivity index (χ0n) is 28.8. The summed E-state index contributed by atoms with van der Waals surface area (Å²) in [6, 6.07) is 53.5. The maximum Gasteiger partial charge on any atom is 0.155 e. The van der Waals surface area contributed by atoms with Crippen molar-refractivity contribution in [2.45, 2.75) is 18.1 Å². The number of rotatable bonds is 6. The molecule has 3 atom stereocenters. The minimum Gasteiger partial charge on any atom is -0.455 e. The van der Waals surface area contributed by atoms with Crippen LogP contribution in [0.5, 0.6) is 0 Å². The van der Waals surface area contributed by atoms with Crippen molar-refractivity contribution >= 4 is 39.0 Å². The van der Waals surface area contributed by atoms with E-state index in [0.29, 0.717) is 0 Å². The zero-order valence-corrected chi connectivity index (χ0v) is 28.8. The fourth-order valence-electron chi connectivity index (χ4n) is 8.49. The Labute approximate surface area is 308 Å². The fraction of sp³-hybridized carbons (Fsp3) is 0.0612. The summed E-state index contributed by atoms with van der Waals surface area (Å²) in [4.78, 5) is 9.92. The molecule has 0 bridgehead atoms. The average molecular weight is 680 g/mol. The molecule has 0 saturated carbocycles. The molecule has 0 fully saturated rings. The van der Waals surface area contributed by atoms with E-state index in [4.69, 9.17) is 9.41 Å². The molecule has 0 amide bonds. The fourth-order valence-corrected chi connectivity index (χ4v) is 8.49. The highest BCUT2D eigenvalue weighted by Crippen LogP contribution is 2.50. The van der Waals surface area contributed by atoms with Crippen LogP contribution >= 0.6 is 0 Å². The zero-order chi connectivity index (χ0) is 34.9. The highest BCUT2D eigenvalue weighted by molar-refractivity contribution is 6.09. The van der Waals surface area contributed by atoms with E-state index in [1.165, 1.54) is 28.0 Å². The van der Waals surface area contributed by atoms with Gasteiger partial charge in [0.1, 0.15) is 17.0 Å². The summed E-state index contributed by atoms with van der Waals surface area (Å²) in [7, 11) is 0. The van der Waals surface area contributed by atoms with Crippen molar-refractivity contribution in [3.05, 3.63) is 221 Å². The lowest BCUT2D eigenvalue weighted by molar-refractivity contribution is 0.349. The van der Waals surface area contributed by atoms with Gasteiger partial charge >= 0.3 is 0 Å². The molecule has 4 aliphatic rings. The summed E-state index contributed by atoms with van der Waals surface area (Å²) in [5.41, 5.74) is 17.3. The number of furan rings is 1. The first-order chi connectivity index (χ1) is 26.3. The number of hydrogen-bond donors (Lipinski definition) is 0. The van der Waals surface area contributed by atoms with Gasteiger partial charge < -0.3 is 9.32 Å². The normalized spacial score (nSPS) is 19.8.